The molecule has 0 unspecified atom stereocenters. The van der Waals surface area contributed by atoms with E-state index in [-0.39, 0.29) is 5.91 Å². The van der Waals surface area contributed by atoms with Gasteiger partial charge in [0.2, 0.25) is 0 Å². The lowest BCUT2D eigenvalue weighted by Crippen LogP contribution is -2.48. The third-order valence-corrected chi connectivity index (χ3v) is 5.37. The van der Waals surface area contributed by atoms with Crippen molar-refractivity contribution in [2.75, 3.05) is 26.2 Å². The number of thiophene rings is 1. The Hall–Kier alpha value is -2.57. The summed E-state index contributed by atoms with van der Waals surface area (Å²) in [6.07, 6.45) is 0. The highest BCUT2D eigenvalue weighted by atomic mass is 32.1. The standard InChI is InChI=1S/C21H22N2O3S/c24-21(23-11-9-22(10-12-23)14-17-8-13-27-16-17)20-7-6-19(26-20)15-25-18-4-2-1-3-5-18/h1-8,13,16H,9-12,14-15H2. The van der Waals surface area contributed by atoms with Gasteiger partial charge in [-0.15, -0.1) is 0 Å². The lowest BCUT2D eigenvalue weighted by molar-refractivity contribution is 0.0594. The fourth-order valence-electron chi connectivity index (χ4n) is 3.15. The van der Waals surface area contributed by atoms with Gasteiger partial charge in [-0.2, -0.15) is 11.3 Å². The summed E-state index contributed by atoms with van der Waals surface area (Å²) in [4.78, 5) is 16.9. The molecule has 2 aromatic heterocycles. The van der Waals surface area contributed by atoms with Crippen LogP contribution in [0.5, 0.6) is 5.75 Å². The highest BCUT2D eigenvalue weighted by Crippen LogP contribution is 2.17. The van der Waals surface area contributed by atoms with Crippen LogP contribution in [0, 0.1) is 0 Å². The Morgan fingerprint density at radius 3 is 2.59 bits per heavy atom. The van der Waals surface area contributed by atoms with Crippen molar-refractivity contribution in [1.82, 2.24) is 9.80 Å². The quantitative estimate of drug-likeness (QED) is 0.649. The van der Waals surface area contributed by atoms with E-state index in [4.69, 9.17) is 9.15 Å². The molecule has 1 aromatic carbocycles. The van der Waals surface area contributed by atoms with Gasteiger partial charge in [0.25, 0.3) is 5.91 Å². The average Bonchev–Trinajstić information content (AvgIpc) is 3.39. The minimum Gasteiger partial charge on any atom is -0.486 e. The molecule has 27 heavy (non-hydrogen) atoms. The molecule has 0 saturated carbocycles. The number of ether oxygens (including phenoxy) is 1. The molecule has 0 radical (unpaired) electrons. The minimum atomic E-state index is -0.0452. The van der Waals surface area contributed by atoms with E-state index in [2.05, 4.69) is 21.7 Å². The second-order valence-corrected chi connectivity index (χ2v) is 7.35. The van der Waals surface area contributed by atoms with E-state index < -0.39 is 0 Å². The van der Waals surface area contributed by atoms with E-state index in [0.717, 1.165) is 38.5 Å². The Labute approximate surface area is 162 Å². The lowest BCUT2D eigenvalue weighted by Gasteiger charge is -2.34. The van der Waals surface area contributed by atoms with Crippen LogP contribution in [-0.4, -0.2) is 41.9 Å². The highest BCUT2D eigenvalue weighted by Gasteiger charge is 2.24. The van der Waals surface area contributed by atoms with E-state index in [1.54, 1.807) is 17.4 Å². The van der Waals surface area contributed by atoms with E-state index in [0.29, 0.717) is 18.1 Å². The van der Waals surface area contributed by atoms with Crippen molar-refractivity contribution in [1.29, 1.82) is 0 Å². The van der Waals surface area contributed by atoms with Crippen molar-refractivity contribution in [3.63, 3.8) is 0 Å². The van der Waals surface area contributed by atoms with Gasteiger partial charge in [-0.05, 0) is 46.7 Å². The molecule has 1 aliphatic rings. The first-order valence-electron chi connectivity index (χ1n) is 9.07. The zero-order valence-electron chi connectivity index (χ0n) is 15.0. The van der Waals surface area contributed by atoms with Crippen molar-refractivity contribution >= 4 is 17.2 Å². The third-order valence-electron chi connectivity index (χ3n) is 4.64. The van der Waals surface area contributed by atoms with E-state index >= 15 is 0 Å². The number of carbonyl (C=O) groups is 1. The number of nitrogens with zero attached hydrogens (tertiary/aromatic N) is 2. The number of piperazine rings is 1. The topological polar surface area (TPSA) is 45.9 Å². The zero-order valence-corrected chi connectivity index (χ0v) is 15.9. The molecule has 0 N–H and O–H groups in total. The largest absolute Gasteiger partial charge is 0.486 e. The van der Waals surface area contributed by atoms with Crippen molar-refractivity contribution in [3.8, 4) is 5.75 Å². The summed E-state index contributed by atoms with van der Waals surface area (Å²) >= 11 is 1.72. The van der Waals surface area contributed by atoms with Crippen LogP contribution in [0.4, 0.5) is 0 Å². The maximum absolute atomic E-state index is 12.7. The van der Waals surface area contributed by atoms with Gasteiger partial charge in [-0.3, -0.25) is 9.69 Å². The normalized spacial score (nSPS) is 15.0. The Morgan fingerprint density at radius 1 is 1.04 bits per heavy atom. The van der Waals surface area contributed by atoms with Gasteiger partial charge in [-0.25, -0.2) is 0 Å². The molecule has 4 rings (SSSR count). The highest BCUT2D eigenvalue weighted by molar-refractivity contribution is 7.07. The summed E-state index contributed by atoms with van der Waals surface area (Å²) in [5.74, 6) is 1.77. The number of carbonyl (C=O) groups excluding carboxylic acids is 1. The van der Waals surface area contributed by atoms with Gasteiger partial charge in [0, 0.05) is 32.7 Å². The summed E-state index contributed by atoms with van der Waals surface area (Å²) < 4.78 is 11.4. The summed E-state index contributed by atoms with van der Waals surface area (Å²) in [5, 5.41) is 4.28. The molecule has 5 nitrogen and oxygen atoms in total. The van der Waals surface area contributed by atoms with Crippen LogP contribution in [0.1, 0.15) is 21.9 Å². The maximum Gasteiger partial charge on any atom is 0.289 e. The van der Waals surface area contributed by atoms with Crippen LogP contribution in [0.25, 0.3) is 0 Å². The van der Waals surface area contributed by atoms with E-state index in [1.807, 2.05) is 41.3 Å². The van der Waals surface area contributed by atoms with Gasteiger partial charge < -0.3 is 14.1 Å². The van der Waals surface area contributed by atoms with Gasteiger partial charge in [-0.1, -0.05) is 18.2 Å². The molecule has 0 bridgehead atoms. The minimum absolute atomic E-state index is 0.0452. The molecule has 140 valence electrons. The van der Waals surface area contributed by atoms with Crippen molar-refractivity contribution in [3.05, 3.63) is 76.4 Å². The summed E-state index contributed by atoms with van der Waals surface area (Å²) in [7, 11) is 0. The van der Waals surface area contributed by atoms with Gasteiger partial charge >= 0.3 is 0 Å². The fourth-order valence-corrected chi connectivity index (χ4v) is 3.81. The SMILES string of the molecule is O=C(c1ccc(COc2ccccc2)o1)N1CCN(Cc2ccsc2)CC1. The smallest absolute Gasteiger partial charge is 0.289 e. The predicted molar refractivity (Wildman–Crippen MR) is 105 cm³/mol. The Bertz CT molecular complexity index is 853. The molecule has 0 spiro atoms. The number of hydrogen-bond donors (Lipinski definition) is 0. The van der Waals surface area contributed by atoms with Gasteiger partial charge in [0.1, 0.15) is 18.1 Å². The number of para-hydroxylation sites is 1. The van der Waals surface area contributed by atoms with E-state index in [9.17, 15) is 4.79 Å². The first-order chi connectivity index (χ1) is 13.3. The van der Waals surface area contributed by atoms with Crippen LogP contribution in [-0.2, 0) is 13.2 Å². The average molecular weight is 382 g/mol. The third kappa shape index (κ3) is 4.59. The molecular formula is C21H22N2O3S. The molecule has 1 saturated heterocycles. The number of furan rings is 1. The van der Waals surface area contributed by atoms with Crippen LogP contribution in [0.2, 0.25) is 0 Å². The number of hydrogen-bond acceptors (Lipinski definition) is 5. The second kappa shape index (κ2) is 8.41. The van der Waals surface area contributed by atoms with Crippen LogP contribution in [0.15, 0.2) is 63.7 Å². The van der Waals surface area contributed by atoms with Gasteiger partial charge in [0.05, 0.1) is 0 Å². The zero-order chi connectivity index (χ0) is 18.5. The van der Waals surface area contributed by atoms with Gasteiger partial charge in [0.15, 0.2) is 5.76 Å². The van der Waals surface area contributed by atoms with Crippen LogP contribution in [0.3, 0.4) is 0 Å². The van der Waals surface area contributed by atoms with E-state index in [1.165, 1.54) is 5.56 Å². The fraction of sp³-hybridized carbons (Fsp3) is 0.286. The Kier molecular flexibility index (Phi) is 5.55. The first-order valence-corrected chi connectivity index (χ1v) is 10.0. The van der Waals surface area contributed by atoms with Crippen LogP contribution < -0.4 is 4.74 Å². The first kappa shape index (κ1) is 17.8. The van der Waals surface area contributed by atoms with Crippen molar-refractivity contribution in [2.45, 2.75) is 13.2 Å². The Morgan fingerprint density at radius 2 is 1.85 bits per heavy atom. The molecule has 3 aromatic rings. The summed E-state index contributed by atoms with van der Waals surface area (Å²) in [6.45, 7) is 4.47. The second-order valence-electron chi connectivity index (χ2n) is 6.57. The molecular weight excluding hydrogens is 360 g/mol. The molecule has 0 atom stereocenters. The molecule has 1 fully saturated rings. The van der Waals surface area contributed by atoms with Crippen molar-refractivity contribution in [2.24, 2.45) is 0 Å². The number of rotatable bonds is 6. The molecule has 1 amide bonds. The summed E-state index contributed by atoms with van der Waals surface area (Å²) in [5.41, 5.74) is 1.34. The molecule has 6 heteroatoms. The predicted octanol–water partition coefficient (Wildman–Crippen LogP) is 3.88. The summed E-state index contributed by atoms with van der Waals surface area (Å²) in [6, 6.07) is 15.3. The molecule has 3 heterocycles. The molecule has 0 aliphatic carbocycles. The maximum atomic E-state index is 12.7. The Balaban J connectivity index is 1.28. The van der Waals surface area contributed by atoms with Crippen molar-refractivity contribution < 1.29 is 13.9 Å². The van der Waals surface area contributed by atoms with Crippen LogP contribution >= 0.6 is 11.3 Å². The molecule has 1 aliphatic heterocycles. The monoisotopic (exact) mass is 382 g/mol. The number of amides is 1. The number of benzene rings is 1. The lowest BCUT2D eigenvalue weighted by atomic mass is 10.2.